The van der Waals surface area contributed by atoms with E-state index >= 15 is 0 Å². The van der Waals surface area contributed by atoms with Crippen LogP contribution >= 0.6 is 0 Å². The van der Waals surface area contributed by atoms with Crippen LogP contribution in [0.3, 0.4) is 0 Å². The number of fused-ring (bicyclic) bond motifs is 1. The predicted octanol–water partition coefficient (Wildman–Crippen LogP) is 1.30. The van der Waals surface area contributed by atoms with Crippen molar-refractivity contribution in [2.45, 2.75) is 17.7 Å². The quantitative estimate of drug-likeness (QED) is 0.906. The van der Waals surface area contributed by atoms with Gasteiger partial charge in [-0.25, -0.2) is 13.4 Å². The zero-order chi connectivity index (χ0) is 14.5. The average Bonchev–Trinajstić information content (AvgIpc) is 2.92. The van der Waals surface area contributed by atoms with Crippen LogP contribution in [0, 0.1) is 5.92 Å². The summed E-state index contributed by atoms with van der Waals surface area (Å²) >= 11 is 0. The van der Waals surface area contributed by atoms with Crippen molar-refractivity contribution < 1.29 is 8.42 Å². The van der Waals surface area contributed by atoms with Crippen molar-refractivity contribution in [2.24, 2.45) is 13.0 Å². The lowest BCUT2D eigenvalue weighted by atomic mass is 9.97. The molecule has 0 unspecified atom stereocenters. The van der Waals surface area contributed by atoms with E-state index in [-0.39, 0.29) is 0 Å². The van der Waals surface area contributed by atoms with E-state index in [9.17, 15) is 8.42 Å². The van der Waals surface area contributed by atoms with Crippen LogP contribution in [0.25, 0.3) is 11.0 Å². The van der Waals surface area contributed by atoms with Crippen LogP contribution in [0.2, 0.25) is 0 Å². The number of rotatable bonds is 2. The zero-order valence-electron chi connectivity index (χ0n) is 11.9. The van der Waals surface area contributed by atoms with E-state index in [0.717, 1.165) is 29.9 Å². The summed E-state index contributed by atoms with van der Waals surface area (Å²) in [5.41, 5.74) is 1.73. The van der Waals surface area contributed by atoms with E-state index in [1.54, 1.807) is 12.1 Å². The zero-order valence-corrected chi connectivity index (χ0v) is 12.7. The Kier molecular flexibility index (Phi) is 3.10. The van der Waals surface area contributed by atoms with E-state index in [1.807, 2.05) is 13.1 Å². The summed E-state index contributed by atoms with van der Waals surface area (Å²) in [6, 6.07) is 5.16. The van der Waals surface area contributed by atoms with Crippen molar-refractivity contribution in [3.8, 4) is 0 Å². The fourth-order valence-corrected chi connectivity index (χ4v) is 3.56. The first kappa shape index (κ1) is 13.6. The molecule has 0 aliphatic carbocycles. The Hall–Kier alpha value is -1.40. The first-order valence-corrected chi connectivity index (χ1v) is 8.64. The predicted molar refractivity (Wildman–Crippen MR) is 78.6 cm³/mol. The number of hydrogen-bond donors (Lipinski definition) is 1. The van der Waals surface area contributed by atoms with Gasteiger partial charge in [-0.05, 0) is 30.7 Å². The monoisotopic (exact) mass is 293 g/mol. The summed E-state index contributed by atoms with van der Waals surface area (Å²) in [7, 11) is -1.19. The SMILES string of the molecule is C[C@@H]1CNC[C@H]1c1nc2cc(S(C)(=O)=O)ccc2n1C. The fraction of sp³-hybridized carbons (Fsp3) is 0.500. The number of imidazole rings is 1. The highest BCUT2D eigenvalue weighted by Crippen LogP contribution is 2.29. The molecule has 1 saturated heterocycles. The van der Waals surface area contributed by atoms with E-state index in [4.69, 9.17) is 0 Å². The standard InChI is InChI=1S/C14H19N3O2S/c1-9-7-15-8-11(9)14-16-12-6-10(20(3,18)19)4-5-13(12)17(14)2/h4-6,9,11,15H,7-8H2,1-3H3/t9-,11-/m1/s1. The molecule has 1 aromatic carbocycles. The maximum Gasteiger partial charge on any atom is 0.175 e. The van der Waals surface area contributed by atoms with E-state index in [2.05, 4.69) is 21.8 Å². The number of nitrogens with one attached hydrogen (secondary N) is 1. The summed E-state index contributed by atoms with van der Waals surface area (Å²) in [4.78, 5) is 5.00. The molecule has 3 rings (SSSR count). The highest BCUT2D eigenvalue weighted by molar-refractivity contribution is 7.90. The smallest absolute Gasteiger partial charge is 0.175 e. The minimum absolute atomic E-state index is 0.326. The molecule has 2 heterocycles. The molecule has 1 aliphatic rings. The molecule has 1 N–H and O–H groups in total. The second-order valence-corrected chi connectivity index (χ2v) is 7.71. The van der Waals surface area contributed by atoms with Crippen LogP contribution in [0.15, 0.2) is 23.1 Å². The molecular weight excluding hydrogens is 274 g/mol. The number of aryl methyl sites for hydroxylation is 1. The molecule has 2 aromatic rings. The van der Waals surface area contributed by atoms with Gasteiger partial charge in [-0.3, -0.25) is 0 Å². The van der Waals surface area contributed by atoms with E-state index in [0.29, 0.717) is 16.7 Å². The van der Waals surface area contributed by atoms with Crippen molar-refractivity contribution >= 4 is 20.9 Å². The lowest BCUT2D eigenvalue weighted by Gasteiger charge is -2.13. The Bertz CT molecular complexity index is 764. The van der Waals surface area contributed by atoms with Crippen LogP contribution in [-0.2, 0) is 16.9 Å². The van der Waals surface area contributed by atoms with Crippen molar-refractivity contribution in [1.29, 1.82) is 0 Å². The molecule has 0 bridgehead atoms. The fourth-order valence-electron chi connectivity index (χ4n) is 2.92. The second kappa shape index (κ2) is 4.56. The van der Waals surface area contributed by atoms with Gasteiger partial charge < -0.3 is 9.88 Å². The third kappa shape index (κ3) is 2.13. The minimum Gasteiger partial charge on any atom is -0.331 e. The number of nitrogens with zero attached hydrogens (tertiary/aromatic N) is 2. The van der Waals surface area contributed by atoms with Crippen molar-refractivity contribution in [3.63, 3.8) is 0 Å². The van der Waals surface area contributed by atoms with Crippen molar-refractivity contribution in [3.05, 3.63) is 24.0 Å². The Morgan fingerprint density at radius 2 is 2.10 bits per heavy atom. The lowest BCUT2D eigenvalue weighted by molar-refractivity contribution is 0.533. The third-order valence-electron chi connectivity index (χ3n) is 4.16. The number of sulfone groups is 1. The largest absolute Gasteiger partial charge is 0.331 e. The van der Waals surface area contributed by atoms with Crippen molar-refractivity contribution in [2.75, 3.05) is 19.3 Å². The Morgan fingerprint density at radius 3 is 2.70 bits per heavy atom. The van der Waals surface area contributed by atoms with Crippen molar-refractivity contribution in [1.82, 2.24) is 14.9 Å². The molecule has 108 valence electrons. The van der Waals surface area contributed by atoms with Gasteiger partial charge in [0, 0.05) is 25.8 Å². The molecule has 20 heavy (non-hydrogen) atoms. The first-order chi connectivity index (χ1) is 9.38. The molecule has 6 heteroatoms. The summed E-state index contributed by atoms with van der Waals surface area (Å²) in [6.45, 7) is 4.14. The topological polar surface area (TPSA) is 64.0 Å². The molecule has 2 atom stereocenters. The Morgan fingerprint density at radius 1 is 1.35 bits per heavy atom. The number of aromatic nitrogens is 2. The second-order valence-electron chi connectivity index (χ2n) is 5.69. The Balaban J connectivity index is 2.14. The minimum atomic E-state index is -3.19. The van der Waals surface area contributed by atoms with Gasteiger partial charge in [0.25, 0.3) is 0 Å². The van der Waals surface area contributed by atoms with E-state index in [1.165, 1.54) is 6.26 Å². The van der Waals surface area contributed by atoms with Gasteiger partial charge in [0.15, 0.2) is 9.84 Å². The number of benzene rings is 1. The van der Waals surface area contributed by atoms with Gasteiger partial charge in [-0.15, -0.1) is 0 Å². The van der Waals surface area contributed by atoms with Crippen LogP contribution in [-0.4, -0.2) is 37.3 Å². The average molecular weight is 293 g/mol. The Labute approximate surface area is 118 Å². The first-order valence-electron chi connectivity index (χ1n) is 6.75. The van der Waals surface area contributed by atoms with E-state index < -0.39 is 9.84 Å². The molecule has 1 fully saturated rings. The van der Waals surface area contributed by atoms with Gasteiger partial charge in [-0.1, -0.05) is 6.92 Å². The molecule has 0 amide bonds. The third-order valence-corrected chi connectivity index (χ3v) is 5.27. The summed E-state index contributed by atoms with van der Waals surface area (Å²) in [5, 5.41) is 3.38. The van der Waals surface area contributed by atoms with Gasteiger partial charge in [0.05, 0.1) is 15.9 Å². The summed E-state index contributed by atoms with van der Waals surface area (Å²) in [5.74, 6) is 1.96. The summed E-state index contributed by atoms with van der Waals surface area (Å²) < 4.78 is 25.3. The lowest BCUT2D eigenvalue weighted by Crippen LogP contribution is -2.13. The van der Waals surface area contributed by atoms with Gasteiger partial charge in [-0.2, -0.15) is 0 Å². The maximum absolute atomic E-state index is 11.6. The molecule has 5 nitrogen and oxygen atoms in total. The van der Waals surface area contributed by atoms with Crippen LogP contribution in [0.5, 0.6) is 0 Å². The molecule has 0 spiro atoms. The van der Waals surface area contributed by atoms with Crippen LogP contribution < -0.4 is 5.32 Å². The molecular formula is C14H19N3O2S. The van der Waals surface area contributed by atoms with Crippen LogP contribution in [0.1, 0.15) is 18.7 Å². The number of hydrogen-bond acceptors (Lipinski definition) is 4. The highest BCUT2D eigenvalue weighted by Gasteiger charge is 2.28. The molecule has 0 radical (unpaired) electrons. The van der Waals surface area contributed by atoms with Crippen LogP contribution in [0.4, 0.5) is 0 Å². The van der Waals surface area contributed by atoms with Gasteiger partial charge in [0.1, 0.15) is 5.82 Å². The van der Waals surface area contributed by atoms with Gasteiger partial charge in [0.2, 0.25) is 0 Å². The highest BCUT2D eigenvalue weighted by atomic mass is 32.2. The summed E-state index contributed by atoms with van der Waals surface area (Å²) in [6.07, 6.45) is 1.22. The molecule has 1 aromatic heterocycles. The maximum atomic E-state index is 11.6. The molecule has 1 aliphatic heterocycles. The normalized spacial score (nSPS) is 23.6. The van der Waals surface area contributed by atoms with Gasteiger partial charge >= 0.3 is 0 Å². The molecule has 0 saturated carbocycles.